The molecule has 2 aliphatic heterocycles. The molecule has 0 aromatic heterocycles. The van der Waals surface area contributed by atoms with E-state index in [4.69, 9.17) is 5.11 Å². The van der Waals surface area contributed by atoms with Gasteiger partial charge in [-0.15, -0.1) is 0 Å². The smallest absolute Gasteiger partial charge is 0.326 e. The number of rotatable bonds is 1. The molecule has 2 aliphatic rings. The molecule has 3 heteroatoms. The van der Waals surface area contributed by atoms with E-state index < -0.39 is 5.97 Å². The first-order valence-electron chi connectivity index (χ1n) is 4.87. The van der Waals surface area contributed by atoms with Gasteiger partial charge < -0.3 is 10.0 Å². The summed E-state index contributed by atoms with van der Waals surface area (Å²) in [5, 5.41) is 9.07. The third-order valence-corrected chi connectivity index (χ3v) is 3.19. The van der Waals surface area contributed by atoms with Gasteiger partial charge in [0.05, 0.1) is 0 Å². The highest BCUT2D eigenvalue weighted by atomic mass is 16.4. The van der Waals surface area contributed by atoms with Crippen molar-refractivity contribution in [3.8, 4) is 0 Å². The third kappa shape index (κ3) is 0.842. The molecule has 14 heavy (non-hydrogen) atoms. The summed E-state index contributed by atoms with van der Waals surface area (Å²) in [6.45, 7) is 0.864. The summed E-state index contributed by atoms with van der Waals surface area (Å²) in [5.41, 5.74) is 3.71. The van der Waals surface area contributed by atoms with Crippen LogP contribution in [0.15, 0.2) is 18.2 Å². The average molecular weight is 189 g/mol. The number of carboxylic acid groups (broad SMARTS) is 1. The van der Waals surface area contributed by atoms with E-state index >= 15 is 0 Å². The van der Waals surface area contributed by atoms with Gasteiger partial charge in [-0.3, -0.25) is 0 Å². The Hall–Kier alpha value is -1.51. The van der Waals surface area contributed by atoms with Crippen molar-refractivity contribution in [1.82, 2.24) is 0 Å². The summed E-state index contributed by atoms with van der Waals surface area (Å²) in [7, 11) is 0. The van der Waals surface area contributed by atoms with E-state index in [0.29, 0.717) is 6.42 Å². The minimum Gasteiger partial charge on any atom is -0.480 e. The molecule has 1 aromatic carbocycles. The van der Waals surface area contributed by atoms with E-state index in [1.165, 1.54) is 16.8 Å². The Bertz CT molecular complexity index is 414. The van der Waals surface area contributed by atoms with Gasteiger partial charge in [0, 0.05) is 18.7 Å². The van der Waals surface area contributed by atoms with Crippen molar-refractivity contribution < 1.29 is 9.90 Å². The van der Waals surface area contributed by atoms with Crippen molar-refractivity contribution in [1.29, 1.82) is 0 Å². The van der Waals surface area contributed by atoms with Gasteiger partial charge in [-0.25, -0.2) is 4.79 Å². The summed E-state index contributed by atoms with van der Waals surface area (Å²) in [4.78, 5) is 13.1. The first-order chi connectivity index (χ1) is 6.77. The lowest BCUT2D eigenvalue weighted by Gasteiger charge is -2.18. The van der Waals surface area contributed by atoms with Crippen LogP contribution in [0.1, 0.15) is 11.1 Å². The number of nitrogens with zero attached hydrogens (tertiary/aromatic N) is 1. The zero-order valence-corrected chi connectivity index (χ0v) is 7.73. The number of anilines is 1. The maximum absolute atomic E-state index is 11.0. The first-order valence-corrected chi connectivity index (χ1v) is 4.87. The van der Waals surface area contributed by atoms with Crippen molar-refractivity contribution >= 4 is 11.7 Å². The molecular formula is C11H11NO2. The minimum absolute atomic E-state index is 0.325. The second kappa shape index (κ2) is 2.50. The van der Waals surface area contributed by atoms with Crippen LogP contribution in [-0.4, -0.2) is 23.7 Å². The predicted octanol–water partition coefficient (Wildman–Crippen LogP) is 1.06. The molecule has 1 N–H and O–H groups in total. The highest BCUT2D eigenvalue weighted by molar-refractivity contribution is 5.84. The highest BCUT2D eigenvalue weighted by Gasteiger charge is 2.38. The van der Waals surface area contributed by atoms with Gasteiger partial charge in [0.15, 0.2) is 0 Å². The van der Waals surface area contributed by atoms with Crippen molar-refractivity contribution in [2.24, 2.45) is 0 Å². The third-order valence-electron chi connectivity index (χ3n) is 3.19. The molecule has 0 radical (unpaired) electrons. The number of aliphatic carboxylic acids is 1. The van der Waals surface area contributed by atoms with E-state index in [9.17, 15) is 4.79 Å². The summed E-state index contributed by atoms with van der Waals surface area (Å²) in [5.74, 6) is -0.700. The number of hydrogen-bond acceptors (Lipinski definition) is 2. The van der Waals surface area contributed by atoms with Crippen LogP contribution >= 0.6 is 0 Å². The van der Waals surface area contributed by atoms with Gasteiger partial charge in [-0.1, -0.05) is 18.2 Å². The Kier molecular flexibility index (Phi) is 1.40. The largest absolute Gasteiger partial charge is 0.480 e. The molecule has 3 nitrogen and oxygen atoms in total. The number of carboxylic acids is 1. The van der Waals surface area contributed by atoms with E-state index in [0.717, 1.165) is 13.0 Å². The van der Waals surface area contributed by atoms with Crippen LogP contribution in [0.25, 0.3) is 0 Å². The molecule has 2 heterocycles. The highest BCUT2D eigenvalue weighted by Crippen LogP contribution is 2.39. The van der Waals surface area contributed by atoms with E-state index in [-0.39, 0.29) is 6.04 Å². The lowest BCUT2D eigenvalue weighted by atomic mass is 10.1. The molecule has 1 atom stereocenters. The summed E-state index contributed by atoms with van der Waals surface area (Å²) < 4.78 is 0. The number of benzene rings is 1. The van der Waals surface area contributed by atoms with Crippen LogP contribution in [0.4, 0.5) is 5.69 Å². The van der Waals surface area contributed by atoms with Gasteiger partial charge in [0.2, 0.25) is 0 Å². The molecule has 3 rings (SSSR count). The number of carbonyl (C=O) groups is 1. The van der Waals surface area contributed by atoms with Crippen molar-refractivity contribution in [3.63, 3.8) is 0 Å². The molecule has 0 aliphatic carbocycles. The van der Waals surface area contributed by atoms with Gasteiger partial charge in [0.25, 0.3) is 0 Å². The van der Waals surface area contributed by atoms with E-state index in [1.807, 2.05) is 17.0 Å². The van der Waals surface area contributed by atoms with Crippen LogP contribution in [-0.2, 0) is 17.6 Å². The van der Waals surface area contributed by atoms with Crippen LogP contribution in [0, 0.1) is 0 Å². The van der Waals surface area contributed by atoms with Crippen LogP contribution in [0.3, 0.4) is 0 Å². The maximum atomic E-state index is 11.0. The SMILES string of the molecule is O=C(O)C1Cc2cccc3c2N1CC3. The van der Waals surface area contributed by atoms with Crippen LogP contribution in [0.2, 0.25) is 0 Å². The molecule has 0 saturated carbocycles. The molecule has 0 saturated heterocycles. The van der Waals surface area contributed by atoms with Gasteiger partial charge in [-0.05, 0) is 17.5 Å². The fourth-order valence-corrected chi connectivity index (χ4v) is 2.58. The molecule has 0 bridgehead atoms. The molecule has 1 aromatic rings. The maximum Gasteiger partial charge on any atom is 0.326 e. The van der Waals surface area contributed by atoms with Gasteiger partial charge in [0.1, 0.15) is 6.04 Å². The lowest BCUT2D eigenvalue weighted by molar-refractivity contribution is -0.138. The fourth-order valence-electron chi connectivity index (χ4n) is 2.58. The summed E-state index contributed by atoms with van der Waals surface area (Å²) >= 11 is 0. The quantitative estimate of drug-likeness (QED) is 0.718. The van der Waals surface area contributed by atoms with Gasteiger partial charge >= 0.3 is 5.97 Å². The molecule has 1 unspecified atom stereocenters. The molecule has 0 fully saturated rings. The van der Waals surface area contributed by atoms with Crippen LogP contribution < -0.4 is 4.90 Å². The Balaban J connectivity index is 2.12. The first kappa shape index (κ1) is 7.85. The second-order valence-electron chi connectivity index (χ2n) is 3.93. The zero-order valence-electron chi connectivity index (χ0n) is 7.73. The Morgan fingerprint density at radius 3 is 3.00 bits per heavy atom. The standard InChI is InChI=1S/C11H11NO2/c13-11(14)9-6-8-3-1-2-7-4-5-12(9)10(7)8/h1-3,9H,4-6H2,(H,13,14). The minimum atomic E-state index is -0.700. The fraction of sp³-hybridized carbons (Fsp3) is 0.364. The predicted molar refractivity (Wildman–Crippen MR) is 52.6 cm³/mol. The zero-order chi connectivity index (χ0) is 9.71. The normalized spacial score (nSPS) is 22.6. The average Bonchev–Trinajstić information content (AvgIpc) is 2.72. The topological polar surface area (TPSA) is 40.5 Å². The van der Waals surface area contributed by atoms with E-state index in [2.05, 4.69) is 6.07 Å². The van der Waals surface area contributed by atoms with Crippen LogP contribution in [0.5, 0.6) is 0 Å². The monoisotopic (exact) mass is 189 g/mol. The molecule has 0 amide bonds. The van der Waals surface area contributed by atoms with Crippen molar-refractivity contribution in [2.75, 3.05) is 11.4 Å². The summed E-state index contributed by atoms with van der Waals surface area (Å²) in [6, 6.07) is 5.85. The summed E-state index contributed by atoms with van der Waals surface area (Å²) in [6.07, 6.45) is 1.66. The van der Waals surface area contributed by atoms with Gasteiger partial charge in [-0.2, -0.15) is 0 Å². The Morgan fingerprint density at radius 1 is 1.43 bits per heavy atom. The van der Waals surface area contributed by atoms with Crippen molar-refractivity contribution in [2.45, 2.75) is 18.9 Å². The van der Waals surface area contributed by atoms with E-state index in [1.54, 1.807) is 0 Å². The lowest BCUT2D eigenvalue weighted by Crippen LogP contribution is -2.37. The van der Waals surface area contributed by atoms with Crippen molar-refractivity contribution in [3.05, 3.63) is 29.3 Å². The second-order valence-corrected chi connectivity index (χ2v) is 3.93. The Morgan fingerprint density at radius 2 is 2.21 bits per heavy atom. The number of hydrogen-bond donors (Lipinski definition) is 1. The Labute approximate surface area is 82.0 Å². The molecule has 0 spiro atoms. The molecular weight excluding hydrogens is 178 g/mol. The molecule has 72 valence electrons. The number of para-hydroxylation sites is 1.